The van der Waals surface area contributed by atoms with E-state index in [9.17, 15) is 4.39 Å². The molecule has 100 valence electrons. The lowest BCUT2D eigenvalue weighted by molar-refractivity contribution is 0.226. The van der Waals surface area contributed by atoms with Crippen LogP contribution in [0.15, 0.2) is 18.2 Å². The Bertz CT molecular complexity index is 399. The van der Waals surface area contributed by atoms with Gasteiger partial charge in [-0.15, -0.1) is 0 Å². The maximum absolute atomic E-state index is 13.5. The number of hydrogen-bond donors (Lipinski definition) is 1. The van der Waals surface area contributed by atoms with Crippen LogP contribution in [0.25, 0.3) is 0 Å². The lowest BCUT2D eigenvalue weighted by Gasteiger charge is -2.24. The van der Waals surface area contributed by atoms with Crippen LogP contribution in [0.1, 0.15) is 37.8 Å². The van der Waals surface area contributed by atoms with Gasteiger partial charge in [0, 0.05) is 25.7 Å². The molecule has 1 saturated carbocycles. The molecular formula is C15H23FN2. The topological polar surface area (TPSA) is 29.3 Å². The predicted octanol–water partition coefficient (Wildman–Crippen LogP) is 2.90. The van der Waals surface area contributed by atoms with Crippen molar-refractivity contribution < 1.29 is 4.39 Å². The zero-order valence-corrected chi connectivity index (χ0v) is 11.3. The highest BCUT2D eigenvalue weighted by atomic mass is 19.1. The molecule has 0 amide bonds. The van der Waals surface area contributed by atoms with Crippen LogP contribution in [0, 0.1) is 11.7 Å². The molecular weight excluding hydrogens is 227 g/mol. The van der Waals surface area contributed by atoms with Gasteiger partial charge in [0.1, 0.15) is 5.82 Å². The van der Waals surface area contributed by atoms with Crippen LogP contribution in [-0.4, -0.2) is 17.5 Å². The summed E-state index contributed by atoms with van der Waals surface area (Å²) in [6.45, 7) is 6.78. The van der Waals surface area contributed by atoms with Crippen LogP contribution in [0.4, 0.5) is 4.39 Å². The summed E-state index contributed by atoms with van der Waals surface area (Å²) < 4.78 is 13.5. The summed E-state index contributed by atoms with van der Waals surface area (Å²) in [7, 11) is 0. The minimum Gasteiger partial charge on any atom is -0.326 e. The number of halogens is 1. The van der Waals surface area contributed by atoms with Crippen molar-refractivity contribution in [2.24, 2.45) is 11.7 Å². The van der Waals surface area contributed by atoms with Crippen LogP contribution in [0.2, 0.25) is 0 Å². The molecule has 1 aromatic carbocycles. The maximum atomic E-state index is 13.5. The molecule has 3 heteroatoms. The summed E-state index contributed by atoms with van der Waals surface area (Å²) in [4.78, 5) is 2.47. The van der Waals surface area contributed by atoms with Crippen molar-refractivity contribution in [2.75, 3.05) is 6.54 Å². The first-order chi connectivity index (χ1) is 8.58. The predicted molar refractivity (Wildman–Crippen MR) is 72.6 cm³/mol. The standard InChI is InChI=1S/C15H23FN2/c1-11(2)9-18(15-3-4-15)10-13-5-12(8-17)6-14(16)7-13/h5-7,11,15H,3-4,8-10,17H2,1-2H3. The Morgan fingerprint density at radius 3 is 2.50 bits per heavy atom. The molecule has 0 bridgehead atoms. The summed E-state index contributed by atoms with van der Waals surface area (Å²) >= 11 is 0. The van der Waals surface area contributed by atoms with E-state index in [-0.39, 0.29) is 5.82 Å². The highest BCUT2D eigenvalue weighted by Crippen LogP contribution is 2.29. The average molecular weight is 250 g/mol. The van der Waals surface area contributed by atoms with Gasteiger partial charge in [0.05, 0.1) is 0 Å². The van der Waals surface area contributed by atoms with E-state index < -0.39 is 0 Å². The Kier molecular flexibility index (Phi) is 4.36. The Balaban J connectivity index is 2.07. The molecule has 0 spiro atoms. The van der Waals surface area contributed by atoms with Crippen LogP contribution in [-0.2, 0) is 13.1 Å². The normalized spacial score (nSPS) is 15.7. The van der Waals surface area contributed by atoms with Crippen LogP contribution >= 0.6 is 0 Å². The Labute approximate surface area is 109 Å². The fraction of sp³-hybridized carbons (Fsp3) is 0.600. The molecule has 2 N–H and O–H groups in total. The SMILES string of the molecule is CC(C)CN(Cc1cc(F)cc(CN)c1)C1CC1. The highest BCUT2D eigenvalue weighted by Gasteiger charge is 2.29. The molecule has 2 nitrogen and oxygen atoms in total. The minimum absolute atomic E-state index is 0.173. The summed E-state index contributed by atoms with van der Waals surface area (Å²) in [6, 6.07) is 5.89. The quantitative estimate of drug-likeness (QED) is 0.841. The molecule has 1 fully saturated rings. The zero-order chi connectivity index (χ0) is 13.1. The monoisotopic (exact) mass is 250 g/mol. The largest absolute Gasteiger partial charge is 0.326 e. The maximum Gasteiger partial charge on any atom is 0.123 e. The van der Waals surface area contributed by atoms with E-state index in [1.54, 1.807) is 6.07 Å². The number of benzene rings is 1. The summed E-state index contributed by atoms with van der Waals surface area (Å²) in [5, 5.41) is 0. The lowest BCUT2D eigenvalue weighted by Crippen LogP contribution is -2.29. The molecule has 0 aromatic heterocycles. The van der Waals surface area contributed by atoms with Gasteiger partial charge in [-0.3, -0.25) is 4.90 Å². The third kappa shape index (κ3) is 3.79. The second-order valence-electron chi connectivity index (χ2n) is 5.73. The smallest absolute Gasteiger partial charge is 0.123 e. The fourth-order valence-electron chi connectivity index (χ4n) is 2.41. The van der Waals surface area contributed by atoms with Gasteiger partial charge in [0.2, 0.25) is 0 Å². The summed E-state index contributed by atoms with van der Waals surface area (Å²) in [5.74, 6) is 0.474. The van der Waals surface area contributed by atoms with Crippen molar-refractivity contribution in [1.82, 2.24) is 4.90 Å². The van der Waals surface area contributed by atoms with Crippen molar-refractivity contribution in [2.45, 2.75) is 45.8 Å². The van der Waals surface area contributed by atoms with Gasteiger partial charge >= 0.3 is 0 Å². The zero-order valence-electron chi connectivity index (χ0n) is 11.3. The van der Waals surface area contributed by atoms with Gasteiger partial charge in [-0.2, -0.15) is 0 Å². The second kappa shape index (κ2) is 5.81. The molecule has 0 saturated heterocycles. The summed E-state index contributed by atoms with van der Waals surface area (Å²) in [5.41, 5.74) is 7.52. The average Bonchev–Trinajstić information content (AvgIpc) is 3.10. The van der Waals surface area contributed by atoms with Crippen molar-refractivity contribution >= 4 is 0 Å². The molecule has 0 heterocycles. The van der Waals surface area contributed by atoms with Gasteiger partial charge < -0.3 is 5.73 Å². The molecule has 1 aromatic rings. The van der Waals surface area contributed by atoms with Gasteiger partial charge in [0.15, 0.2) is 0 Å². The van der Waals surface area contributed by atoms with E-state index in [2.05, 4.69) is 18.7 Å². The van der Waals surface area contributed by atoms with Crippen molar-refractivity contribution in [1.29, 1.82) is 0 Å². The van der Waals surface area contributed by atoms with Crippen LogP contribution < -0.4 is 5.73 Å². The lowest BCUT2D eigenvalue weighted by atomic mass is 10.1. The number of nitrogens with two attached hydrogens (primary N) is 1. The molecule has 2 rings (SSSR count). The second-order valence-corrected chi connectivity index (χ2v) is 5.73. The van der Waals surface area contributed by atoms with Crippen molar-refractivity contribution in [3.05, 3.63) is 35.1 Å². The van der Waals surface area contributed by atoms with E-state index in [4.69, 9.17) is 5.73 Å². The molecule has 0 radical (unpaired) electrons. The third-order valence-electron chi connectivity index (χ3n) is 3.30. The molecule has 18 heavy (non-hydrogen) atoms. The van der Waals surface area contributed by atoms with Crippen LogP contribution in [0.5, 0.6) is 0 Å². The molecule has 0 unspecified atom stereocenters. The van der Waals surface area contributed by atoms with Crippen LogP contribution in [0.3, 0.4) is 0 Å². The summed E-state index contributed by atoms with van der Waals surface area (Å²) in [6.07, 6.45) is 2.57. The third-order valence-corrected chi connectivity index (χ3v) is 3.30. The molecule has 0 atom stereocenters. The Hall–Kier alpha value is -0.930. The van der Waals surface area contributed by atoms with Crippen molar-refractivity contribution in [3.63, 3.8) is 0 Å². The fourth-order valence-corrected chi connectivity index (χ4v) is 2.41. The van der Waals surface area contributed by atoms with E-state index in [0.717, 1.165) is 24.2 Å². The highest BCUT2D eigenvalue weighted by molar-refractivity contribution is 5.24. The van der Waals surface area contributed by atoms with E-state index in [1.165, 1.54) is 18.9 Å². The van der Waals surface area contributed by atoms with Gasteiger partial charge in [-0.1, -0.05) is 19.9 Å². The number of nitrogens with zero attached hydrogens (tertiary/aromatic N) is 1. The Morgan fingerprint density at radius 2 is 1.94 bits per heavy atom. The van der Waals surface area contributed by atoms with Gasteiger partial charge in [-0.05, 0) is 42.0 Å². The number of rotatable bonds is 6. The van der Waals surface area contributed by atoms with E-state index in [0.29, 0.717) is 18.5 Å². The van der Waals surface area contributed by atoms with Gasteiger partial charge in [0.25, 0.3) is 0 Å². The first-order valence-corrected chi connectivity index (χ1v) is 6.81. The minimum atomic E-state index is -0.173. The van der Waals surface area contributed by atoms with Gasteiger partial charge in [-0.25, -0.2) is 4.39 Å². The van der Waals surface area contributed by atoms with E-state index >= 15 is 0 Å². The molecule has 1 aliphatic carbocycles. The first-order valence-electron chi connectivity index (χ1n) is 6.81. The van der Waals surface area contributed by atoms with Crippen molar-refractivity contribution in [3.8, 4) is 0 Å². The Morgan fingerprint density at radius 1 is 1.28 bits per heavy atom. The van der Waals surface area contributed by atoms with E-state index in [1.807, 2.05) is 6.07 Å². The first kappa shape index (κ1) is 13.5. The number of hydrogen-bond acceptors (Lipinski definition) is 2. The molecule has 1 aliphatic rings. The molecule has 0 aliphatic heterocycles.